The van der Waals surface area contributed by atoms with Crippen LogP contribution in [-0.4, -0.2) is 49.4 Å². The highest BCUT2D eigenvalue weighted by atomic mass is 16.2. The van der Waals surface area contributed by atoms with Crippen LogP contribution < -0.4 is 0 Å². The van der Waals surface area contributed by atoms with Crippen molar-refractivity contribution in [3.05, 3.63) is 71.1 Å². The molecule has 0 aromatic carbocycles. The number of aromatic nitrogens is 3. The number of fused-ring (bicyclic) bond motifs is 2. The van der Waals surface area contributed by atoms with E-state index in [0.717, 1.165) is 52.8 Å². The number of amides is 1. The minimum Gasteiger partial charge on any atom is -0.300 e. The minimum absolute atomic E-state index is 0.0112. The molecule has 0 spiro atoms. The minimum atomic E-state index is 0.0112. The van der Waals surface area contributed by atoms with Crippen molar-refractivity contribution in [3.8, 4) is 0 Å². The summed E-state index contributed by atoms with van der Waals surface area (Å²) in [6, 6.07) is 2.94. The molecule has 5 heterocycles. The molecule has 6 nitrogen and oxygen atoms in total. The van der Waals surface area contributed by atoms with Crippen LogP contribution in [0.25, 0.3) is 11.1 Å². The maximum Gasteiger partial charge on any atom is 0.255 e. The molecule has 1 unspecified atom stereocenters. The van der Waals surface area contributed by atoms with Crippen molar-refractivity contribution in [3.63, 3.8) is 0 Å². The summed E-state index contributed by atoms with van der Waals surface area (Å²) in [6.07, 6.45) is 19.3. The van der Waals surface area contributed by atoms with Crippen molar-refractivity contribution in [2.75, 3.05) is 13.1 Å². The normalized spacial score (nSPS) is 24.1. The molecule has 6 heteroatoms. The largest absolute Gasteiger partial charge is 0.300 e. The Morgan fingerprint density at radius 3 is 2.66 bits per heavy atom. The number of piperidine rings is 1. The number of aryl methyl sites for hydroxylation is 2. The van der Waals surface area contributed by atoms with E-state index in [-0.39, 0.29) is 11.8 Å². The number of nitrogens with zero attached hydrogens (tertiary/aromatic N) is 5. The Morgan fingerprint density at radius 1 is 1.11 bits per heavy atom. The monoisotopic (exact) mass is 469 g/mol. The van der Waals surface area contributed by atoms with Gasteiger partial charge in [0.15, 0.2) is 0 Å². The second kappa shape index (κ2) is 8.90. The maximum atomic E-state index is 13.6. The molecule has 0 bridgehead atoms. The van der Waals surface area contributed by atoms with Crippen LogP contribution in [0.2, 0.25) is 0 Å². The van der Waals surface area contributed by atoms with Gasteiger partial charge in [-0.25, -0.2) is 4.52 Å². The molecular formula is C29H35N5O. The Kier molecular flexibility index (Phi) is 5.72. The van der Waals surface area contributed by atoms with Gasteiger partial charge in [0.25, 0.3) is 5.91 Å². The number of allylic oxidation sites excluding steroid dienone is 5. The van der Waals surface area contributed by atoms with Crippen LogP contribution in [0.5, 0.6) is 0 Å². The molecule has 35 heavy (non-hydrogen) atoms. The maximum absolute atomic E-state index is 13.6. The van der Waals surface area contributed by atoms with E-state index in [1.54, 1.807) is 0 Å². The zero-order valence-corrected chi connectivity index (χ0v) is 21.1. The topological polar surface area (TPSA) is 53.7 Å². The lowest BCUT2D eigenvalue weighted by molar-refractivity contribution is -0.122. The van der Waals surface area contributed by atoms with E-state index in [1.165, 1.54) is 44.3 Å². The van der Waals surface area contributed by atoms with Crippen molar-refractivity contribution in [1.82, 2.24) is 24.4 Å². The Labute approximate surface area is 207 Å². The first-order valence-corrected chi connectivity index (χ1v) is 13.2. The van der Waals surface area contributed by atoms with Gasteiger partial charge < -0.3 is 4.90 Å². The van der Waals surface area contributed by atoms with E-state index < -0.39 is 0 Å². The number of hydrogen-bond acceptors (Lipinski definition) is 4. The summed E-state index contributed by atoms with van der Waals surface area (Å²) in [5.41, 5.74) is 7.15. The Bertz CT molecular complexity index is 1280. The van der Waals surface area contributed by atoms with Crippen molar-refractivity contribution in [2.24, 2.45) is 11.8 Å². The molecule has 4 aliphatic rings. The molecular weight excluding hydrogens is 434 g/mol. The molecule has 182 valence electrons. The van der Waals surface area contributed by atoms with Crippen LogP contribution in [0, 0.1) is 18.8 Å². The SMILES string of the molecule is CCc1nc(C)cn2nc(C3=CC(=O)N4C=C(C5CCN(C6CC6)CC5)C=CC4=CCC3C)cc12. The molecule has 1 aliphatic carbocycles. The van der Waals surface area contributed by atoms with Gasteiger partial charge in [0.1, 0.15) is 0 Å². The molecule has 1 atom stereocenters. The van der Waals surface area contributed by atoms with E-state index in [4.69, 9.17) is 5.10 Å². The standard InChI is InChI=1S/C29H35N5O/c1-4-26-28-16-27(31-34(28)17-20(3)30-26)25-15-29(35)33-18-22(6-8-24(33)7-5-19(25)2)21-11-13-32(14-12-21)23-9-10-23/h6-8,15-19,21,23H,4-5,9-14H2,1-3H3. The van der Waals surface area contributed by atoms with Crippen molar-refractivity contribution in [1.29, 1.82) is 0 Å². The number of rotatable bonds is 4. The fraction of sp³-hybridized carbons (Fsp3) is 0.483. The highest BCUT2D eigenvalue weighted by molar-refractivity contribution is 5.98. The third-order valence-electron chi connectivity index (χ3n) is 8.08. The Balaban J connectivity index is 1.28. The number of hydrogen-bond donors (Lipinski definition) is 0. The summed E-state index contributed by atoms with van der Waals surface area (Å²) in [7, 11) is 0. The van der Waals surface area contributed by atoms with Gasteiger partial charge >= 0.3 is 0 Å². The number of carbonyl (C=O) groups is 1. The van der Waals surface area contributed by atoms with Crippen LogP contribution >= 0.6 is 0 Å². The average molecular weight is 470 g/mol. The van der Waals surface area contributed by atoms with Crippen molar-refractivity contribution >= 4 is 17.0 Å². The number of likely N-dealkylation sites (tertiary alicyclic amines) is 1. The van der Waals surface area contributed by atoms with Gasteiger partial charge in [0, 0.05) is 24.0 Å². The predicted molar refractivity (Wildman–Crippen MR) is 138 cm³/mol. The molecule has 2 aromatic rings. The summed E-state index contributed by atoms with van der Waals surface area (Å²) in [4.78, 5) is 22.8. The van der Waals surface area contributed by atoms with Crippen molar-refractivity contribution < 1.29 is 4.79 Å². The van der Waals surface area contributed by atoms with E-state index in [2.05, 4.69) is 54.2 Å². The second-order valence-corrected chi connectivity index (χ2v) is 10.6. The molecule has 1 saturated heterocycles. The molecule has 2 fully saturated rings. The van der Waals surface area contributed by atoms with E-state index in [9.17, 15) is 4.79 Å². The van der Waals surface area contributed by atoms with Gasteiger partial charge in [0.05, 0.1) is 28.8 Å². The smallest absolute Gasteiger partial charge is 0.255 e. The lowest BCUT2D eigenvalue weighted by atomic mass is 9.87. The van der Waals surface area contributed by atoms with Gasteiger partial charge in [-0.05, 0) is 93.7 Å². The quantitative estimate of drug-likeness (QED) is 0.628. The highest BCUT2D eigenvalue weighted by Gasteiger charge is 2.33. The zero-order chi connectivity index (χ0) is 24.1. The van der Waals surface area contributed by atoms with Gasteiger partial charge in [-0.15, -0.1) is 0 Å². The fourth-order valence-electron chi connectivity index (χ4n) is 5.85. The van der Waals surface area contributed by atoms with Gasteiger partial charge in [-0.1, -0.05) is 26.0 Å². The fourth-order valence-corrected chi connectivity index (χ4v) is 5.85. The average Bonchev–Trinajstić information content (AvgIpc) is 3.63. The third kappa shape index (κ3) is 4.29. The lowest BCUT2D eigenvalue weighted by Crippen LogP contribution is -2.36. The van der Waals surface area contributed by atoms with E-state index >= 15 is 0 Å². The number of carbonyl (C=O) groups excluding carboxylic acids is 1. The van der Waals surface area contributed by atoms with Gasteiger partial charge in [-0.2, -0.15) is 5.10 Å². The molecule has 0 radical (unpaired) electrons. The molecule has 1 saturated carbocycles. The van der Waals surface area contributed by atoms with Crippen LogP contribution in [0.15, 0.2) is 54.0 Å². The van der Waals surface area contributed by atoms with Gasteiger partial charge in [-0.3, -0.25) is 14.7 Å². The first kappa shape index (κ1) is 22.5. The summed E-state index contributed by atoms with van der Waals surface area (Å²) in [5, 5.41) is 4.86. The lowest BCUT2D eigenvalue weighted by Gasteiger charge is -2.34. The van der Waals surface area contributed by atoms with E-state index in [1.807, 2.05) is 28.6 Å². The molecule has 6 rings (SSSR count). The summed E-state index contributed by atoms with van der Waals surface area (Å²) in [6.45, 7) is 8.66. The van der Waals surface area contributed by atoms with Crippen LogP contribution in [0.4, 0.5) is 0 Å². The first-order chi connectivity index (χ1) is 17.0. The third-order valence-corrected chi connectivity index (χ3v) is 8.08. The van der Waals surface area contributed by atoms with Crippen LogP contribution in [0.1, 0.15) is 63.0 Å². The summed E-state index contributed by atoms with van der Waals surface area (Å²) in [5.74, 6) is 0.741. The van der Waals surface area contributed by atoms with Gasteiger partial charge in [0.2, 0.25) is 0 Å². The molecule has 0 N–H and O–H groups in total. The summed E-state index contributed by atoms with van der Waals surface area (Å²) >= 11 is 0. The van der Waals surface area contributed by atoms with Crippen LogP contribution in [0.3, 0.4) is 0 Å². The van der Waals surface area contributed by atoms with Crippen LogP contribution in [-0.2, 0) is 11.2 Å². The predicted octanol–water partition coefficient (Wildman–Crippen LogP) is 5.06. The Hall–Kier alpha value is -2.99. The Morgan fingerprint density at radius 2 is 1.91 bits per heavy atom. The molecule has 1 amide bonds. The highest BCUT2D eigenvalue weighted by Crippen LogP contribution is 2.36. The molecule has 3 aliphatic heterocycles. The van der Waals surface area contributed by atoms with E-state index in [0.29, 0.717) is 5.92 Å². The summed E-state index contributed by atoms with van der Waals surface area (Å²) < 4.78 is 1.92. The van der Waals surface area contributed by atoms with Crippen molar-refractivity contribution in [2.45, 2.75) is 65.3 Å². The molecule has 2 aromatic heterocycles. The second-order valence-electron chi connectivity index (χ2n) is 10.6. The first-order valence-electron chi connectivity index (χ1n) is 13.2. The zero-order valence-electron chi connectivity index (χ0n) is 21.1.